The van der Waals surface area contributed by atoms with E-state index < -0.39 is 5.38 Å². The van der Waals surface area contributed by atoms with E-state index in [2.05, 4.69) is 21.2 Å². The van der Waals surface area contributed by atoms with Crippen LogP contribution in [0.15, 0.2) is 22.7 Å². The molecule has 0 saturated heterocycles. The summed E-state index contributed by atoms with van der Waals surface area (Å²) in [4.78, 5) is 11.4. The van der Waals surface area contributed by atoms with E-state index in [9.17, 15) is 4.79 Å². The number of benzene rings is 1. The lowest BCUT2D eigenvalue weighted by Gasteiger charge is -2.09. The van der Waals surface area contributed by atoms with Crippen LogP contribution >= 0.6 is 27.5 Å². The van der Waals surface area contributed by atoms with Gasteiger partial charge in [0, 0.05) is 10.5 Å². The highest BCUT2D eigenvalue weighted by atomic mass is 79.9. The Kier molecular flexibility index (Phi) is 4.42. The molecule has 0 aromatic heterocycles. The molecule has 1 atom stereocenters. The molecule has 1 amide bonds. The van der Waals surface area contributed by atoms with Crippen molar-refractivity contribution in [1.82, 2.24) is 0 Å². The standard InChI is InChI=1S/C10H11BrClNO2/c1-6(12)10(14)13-9-5-7(15-2)3-4-8(9)11/h3-6H,1-2H3,(H,13,14). The number of alkyl halides is 1. The van der Waals surface area contributed by atoms with Crippen LogP contribution in [0.2, 0.25) is 0 Å². The van der Waals surface area contributed by atoms with Crippen LogP contribution in [0.25, 0.3) is 0 Å². The van der Waals surface area contributed by atoms with E-state index >= 15 is 0 Å². The third-order valence-electron chi connectivity index (χ3n) is 1.79. The molecular weight excluding hydrogens is 281 g/mol. The Balaban J connectivity index is 2.88. The van der Waals surface area contributed by atoms with Gasteiger partial charge < -0.3 is 10.1 Å². The smallest absolute Gasteiger partial charge is 0.242 e. The molecule has 0 fully saturated rings. The zero-order valence-electron chi connectivity index (χ0n) is 8.38. The number of hydrogen-bond acceptors (Lipinski definition) is 2. The molecule has 0 saturated carbocycles. The van der Waals surface area contributed by atoms with Crippen LogP contribution in [-0.4, -0.2) is 18.4 Å². The van der Waals surface area contributed by atoms with Gasteiger partial charge in [0.15, 0.2) is 0 Å². The van der Waals surface area contributed by atoms with Gasteiger partial charge in [0.05, 0.1) is 12.8 Å². The maximum absolute atomic E-state index is 11.4. The predicted octanol–water partition coefficient (Wildman–Crippen LogP) is 3.02. The van der Waals surface area contributed by atoms with Crippen LogP contribution < -0.4 is 10.1 Å². The van der Waals surface area contributed by atoms with Gasteiger partial charge in [0.2, 0.25) is 5.91 Å². The second-order valence-corrected chi connectivity index (χ2v) is 4.46. The molecule has 1 aromatic carbocycles. The summed E-state index contributed by atoms with van der Waals surface area (Å²) in [5.74, 6) is 0.432. The fourth-order valence-electron chi connectivity index (χ4n) is 0.959. The first-order chi connectivity index (χ1) is 7.04. The molecule has 1 rings (SSSR count). The monoisotopic (exact) mass is 291 g/mol. The van der Waals surface area contributed by atoms with Crippen LogP contribution in [0.4, 0.5) is 5.69 Å². The normalized spacial score (nSPS) is 12.0. The second-order valence-electron chi connectivity index (χ2n) is 2.95. The third kappa shape index (κ3) is 3.39. The summed E-state index contributed by atoms with van der Waals surface area (Å²) in [6, 6.07) is 5.32. The molecule has 82 valence electrons. The minimum Gasteiger partial charge on any atom is -0.497 e. The Labute approximate surface area is 102 Å². The van der Waals surface area contributed by atoms with E-state index in [-0.39, 0.29) is 5.91 Å². The van der Waals surface area contributed by atoms with Gasteiger partial charge in [-0.2, -0.15) is 0 Å². The number of amides is 1. The Morgan fingerprint density at radius 1 is 1.60 bits per heavy atom. The van der Waals surface area contributed by atoms with Crippen LogP contribution in [0, 0.1) is 0 Å². The first-order valence-electron chi connectivity index (χ1n) is 4.33. The van der Waals surface area contributed by atoms with Crippen LogP contribution in [-0.2, 0) is 4.79 Å². The molecule has 3 nitrogen and oxygen atoms in total. The topological polar surface area (TPSA) is 38.3 Å². The zero-order chi connectivity index (χ0) is 11.4. The van der Waals surface area contributed by atoms with Gasteiger partial charge in [-0.05, 0) is 35.0 Å². The summed E-state index contributed by atoms with van der Waals surface area (Å²) in [5.41, 5.74) is 0.645. The van der Waals surface area contributed by atoms with Crippen molar-refractivity contribution in [3.8, 4) is 5.75 Å². The van der Waals surface area contributed by atoms with Crippen molar-refractivity contribution in [2.75, 3.05) is 12.4 Å². The third-order valence-corrected chi connectivity index (χ3v) is 2.68. The summed E-state index contributed by atoms with van der Waals surface area (Å²) in [5, 5.41) is 2.12. The summed E-state index contributed by atoms with van der Waals surface area (Å²) < 4.78 is 5.83. The Morgan fingerprint density at radius 2 is 2.27 bits per heavy atom. The van der Waals surface area contributed by atoms with Crippen molar-refractivity contribution in [3.63, 3.8) is 0 Å². The number of carbonyl (C=O) groups is 1. The molecule has 0 radical (unpaired) electrons. The largest absolute Gasteiger partial charge is 0.497 e. The minimum absolute atomic E-state index is 0.245. The minimum atomic E-state index is -0.567. The van der Waals surface area contributed by atoms with Gasteiger partial charge in [-0.1, -0.05) is 0 Å². The summed E-state index contributed by atoms with van der Waals surface area (Å²) >= 11 is 8.97. The van der Waals surface area contributed by atoms with Crippen LogP contribution in [0.5, 0.6) is 5.75 Å². The lowest BCUT2D eigenvalue weighted by molar-refractivity contribution is -0.115. The number of hydrogen-bond donors (Lipinski definition) is 1. The van der Waals surface area contributed by atoms with Crippen molar-refractivity contribution in [3.05, 3.63) is 22.7 Å². The van der Waals surface area contributed by atoms with Gasteiger partial charge in [0.25, 0.3) is 0 Å². The van der Waals surface area contributed by atoms with Gasteiger partial charge in [0.1, 0.15) is 11.1 Å². The highest BCUT2D eigenvalue weighted by molar-refractivity contribution is 9.10. The summed E-state index contributed by atoms with van der Waals surface area (Å²) in [6.45, 7) is 1.62. The fraction of sp³-hybridized carbons (Fsp3) is 0.300. The molecule has 1 N–H and O–H groups in total. The first-order valence-corrected chi connectivity index (χ1v) is 5.56. The van der Waals surface area contributed by atoms with Crippen molar-refractivity contribution in [2.24, 2.45) is 0 Å². The quantitative estimate of drug-likeness (QED) is 0.870. The van der Waals surface area contributed by atoms with E-state index in [1.54, 1.807) is 32.2 Å². The van der Waals surface area contributed by atoms with Gasteiger partial charge in [-0.25, -0.2) is 0 Å². The Bertz CT molecular complexity index is 368. The molecule has 0 heterocycles. The summed E-state index contributed by atoms with van der Waals surface area (Å²) in [7, 11) is 1.57. The maximum Gasteiger partial charge on any atom is 0.242 e. The molecule has 1 unspecified atom stereocenters. The molecule has 0 bridgehead atoms. The van der Waals surface area contributed by atoms with Gasteiger partial charge in [-0.3, -0.25) is 4.79 Å². The molecule has 5 heteroatoms. The van der Waals surface area contributed by atoms with Crippen molar-refractivity contribution in [1.29, 1.82) is 0 Å². The molecule has 15 heavy (non-hydrogen) atoms. The Morgan fingerprint density at radius 3 is 2.80 bits per heavy atom. The molecule has 0 spiro atoms. The molecular formula is C10H11BrClNO2. The number of methoxy groups -OCH3 is 1. The molecule has 0 aliphatic heterocycles. The van der Waals surface area contributed by atoms with Crippen molar-refractivity contribution >= 4 is 39.1 Å². The number of halogens is 2. The molecule has 1 aromatic rings. The SMILES string of the molecule is COc1ccc(Br)c(NC(=O)C(C)Cl)c1. The second kappa shape index (κ2) is 5.37. The highest BCUT2D eigenvalue weighted by Gasteiger charge is 2.11. The van der Waals surface area contributed by atoms with E-state index in [0.29, 0.717) is 11.4 Å². The number of anilines is 1. The number of ether oxygens (including phenoxy) is 1. The average molecular weight is 293 g/mol. The number of carbonyl (C=O) groups excluding carboxylic acids is 1. The predicted molar refractivity (Wildman–Crippen MR) is 64.6 cm³/mol. The van der Waals surface area contributed by atoms with E-state index in [1.165, 1.54) is 0 Å². The lowest BCUT2D eigenvalue weighted by atomic mass is 10.3. The zero-order valence-corrected chi connectivity index (χ0v) is 10.7. The Hall–Kier alpha value is -0.740. The first kappa shape index (κ1) is 12.3. The average Bonchev–Trinajstić information content (AvgIpc) is 2.21. The van der Waals surface area contributed by atoms with Crippen molar-refractivity contribution < 1.29 is 9.53 Å². The van der Waals surface area contributed by atoms with Crippen LogP contribution in [0.1, 0.15) is 6.92 Å². The molecule has 0 aliphatic rings. The van der Waals surface area contributed by atoms with Gasteiger partial charge >= 0.3 is 0 Å². The maximum atomic E-state index is 11.4. The van der Waals surface area contributed by atoms with E-state index in [0.717, 1.165) is 4.47 Å². The number of nitrogens with one attached hydrogen (secondary N) is 1. The van der Waals surface area contributed by atoms with E-state index in [4.69, 9.17) is 16.3 Å². The summed E-state index contributed by atoms with van der Waals surface area (Å²) in [6.07, 6.45) is 0. The highest BCUT2D eigenvalue weighted by Crippen LogP contribution is 2.27. The fourth-order valence-corrected chi connectivity index (χ4v) is 1.36. The van der Waals surface area contributed by atoms with Crippen LogP contribution in [0.3, 0.4) is 0 Å². The van der Waals surface area contributed by atoms with Crippen molar-refractivity contribution in [2.45, 2.75) is 12.3 Å². The van der Waals surface area contributed by atoms with E-state index in [1.807, 2.05) is 0 Å². The molecule has 0 aliphatic carbocycles. The number of rotatable bonds is 3. The van der Waals surface area contributed by atoms with Gasteiger partial charge in [-0.15, -0.1) is 11.6 Å². The lowest BCUT2D eigenvalue weighted by Crippen LogP contribution is -2.20.